The number of aromatic nitrogens is 2. The molecule has 8 heteroatoms. The third-order valence-corrected chi connectivity index (χ3v) is 4.73. The fraction of sp³-hybridized carbons (Fsp3) is 0.217. The van der Waals surface area contributed by atoms with E-state index in [2.05, 4.69) is 10.4 Å². The molecule has 0 unspecified atom stereocenters. The zero-order valence-electron chi connectivity index (χ0n) is 17.0. The van der Waals surface area contributed by atoms with Crippen molar-refractivity contribution in [3.05, 3.63) is 81.6 Å². The summed E-state index contributed by atoms with van der Waals surface area (Å²) < 4.78 is 6.35. The van der Waals surface area contributed by atoms with Crippen molar-refractivity contribution in [2.24, 2.45) is 0 Å². The summed E-state index contributed by atoms with van der Waals surface area (Å²) in [6.07, 6.45) is 0.570. The lowest BCUT2D eigenvalue weighted by Crippen LogP contribution is -2.23. The number of anilines is 1. The Morgan fingerprint density at radius 2 is 1.81 bits per heavy atom. The van der Waals surface area contributed by atoms with E-state index in [-0.39, 0.29) is 31.0 Å². The molecular formula is C23H22ClN3O4. The average molecular weight is 440 g/mol. The van der Waals surface area contributed by atoms with Crippen molar-refractivity contribution in [1.82, 2.24) is 9.78 Å². The number of esters is 1. The minimum Gasteiger partial charge on any atom is -0.462 e. The highest BCUT2D eigenvalue weighted by Crippen LogP contribution is 2.19. The number of nitrogens with one attached hydrogen (secondary N) is 1. The Labute approximate surface area is 184 Å². The van der Waals surface area contributed by atoms with Crippen LogP contribution in [0.4, 0.5) is 5.69 Å². The van der Waals surface area contributed by atoms with Crippen LogP contribution in [0.25, 0.3) is 11.3 Å². The topological polar surface area (TPSA) is 90.3 Å². The number of halogens is 1. The Kier molecular flexibility index (Phi) is 7.56. The van der Waals surface area contributed by atoms with Gasteiger partial charge in [-0.3, -0.25) is 9.59 Å². The van der Waals surface area contributed by atoms with Gasteiger partial charge in [0.25, 0.3) is 5.56 Å². The molecule has 0 aliphatic carbocycles. The van der Waals surface area contributed by atoms with Crippen molar-refractivity contribution in [1.29, 1.82) is 0 Å². The molecule has 2 aromatic carbocycles. The molecule has 1 N–H and O–H groups in total. The standard InChI is InChI=1S/C23H22ClN3O4/c1-2-31-23(30)18-6-3-4-7-20(18)25-21(28)8-5-15-27-22(29)14-13-19(26-27)16-9-11-17(24)12-10-16/h3-4,6-7,9-14H,2,5,8,15H2,1H3,(H,25,28). The molecule has 0 radical (unpaired) electrons. The Hall–Kier alpha value is -3.45. The molecule has 0 bridgehead atoms. The molecule has 0 spiro atoms. The van der Waals surface area contributed by atoms with Gasteiger partial charge >= 0.3 is 5.97 Å². The van der Waals surface area contributed by atoms with Gasteiger partial charge in [0.2, 0.25) is 5.91 Å². The lowest BCUT2D eigenvalue weighted by atomic mass is 10.1. The molecule has 0 aliphatic heterocycles. The second kappa shape index (κ2) is 10.5. The maximum absolute atomic E-state index is 12.4. The fourth-order valence-corrected chi connectivity index (χ4v) is 3.09. The van der Waals surface area contributed by atoms with Gasteiger partial charge in [0.1, 0.15) is 0 Å². The molecule has 160 valence electrons. The first-order valence-electron chi connectivity index (χ1n) is 9.88. The van der Waals surface area contributed by atoms with Crippen LogP contribution in [0.5, 0.6) is 0 Å². The van der Waals surface area contributed by atoms with Gasteiger partial charge in [0.05, 0.1) is 23.6 Å². The Bertz CT molecular complexity index is 1130. The zero-order valence-corrected chi connectivity index (χ0v) is 17.8. The summed E-state index contributed by atoms with van der Waals surface area (Å²) in [7, 11) is 0. The molecule has 3 rings (SSSR count). The van der Waals surface area contributed by atoms with Crippen molar-refractivity contribution in [2.45, 2.75) is 26.3 Å². The number of amides is 1. The molecule has 1 aromatic heterocycles. The number of para-hydroxylation sites is 1. The summed E-state index contributed by atoms with van der Waals surface area (Å²) in [4.78, 5) is 36.5. The third kappa shape index (κ3) is 6.02. The van der Waals surface area contributed by atoms with Crippen molar-refractivity contribution in [3.8, 4) is 11.3 Å². The highest BCUT2D eigenvalue weighted by molar-refractivity contribution is 6.30. The average Bonchev–Trinajstić information content (AvgIpc) is 2.76. The van der Waals surface area contributed by atoms with E-state index in [0.717, 1.165) is 5.56 Å². The minimum atomic E-state index is -0.492. The Morgan fingerprint density at radius 1 is 1.06 bits per heavy atom. The lowest BCUT2D eigenvalue weighted by Gasteiger charge is -2.11. The summed E-state index contributed by atoms with van der Waals surface area (Å²) in [5.41, 5.74) is 1.93. The number of benzene rings is 2. The van der Waals surface area contributed by atoms with E-state index in [1.165, 1.54) is 10.7 Å². The van der Waals surface area contributed by atoms with Crippen LogP contribution >= 0.6 is 11.6 Å². The largest absolute Gasteiger partial charge is 0.462 e. The highest BCUT2D eigenvalue weighted by atomic mass is 35.5. The number of ether oxygens (including phenoxy) is 1. The molecule has 7 nitrogen and oxygen atoms in total. The molecule has 0 saturated heterocycles. The van der Waals surface area contributed by atoms with Crippen LogP contribution in [0, 0.1) is 0 Å². The second-order valence-corrected chi connectivity index (χ2v) is 7.14. The highest BCUT2D eigenvalue weighted by Gasteiger charge is 2.14. The molecule has 3 aromatic rings. The predicted octanol–water partition coefficient (Wildman–Crippen LogP) is 4.16. The second-order valence-electron chi connectivity index (χ2n) is 6.70. The summed E-state index contributed by atoms with van der Waals surface area (Å²) in [5.74, 6) is -0.758. The van der Waals surface area contributed by atoms with E-state index in [9.17, 15) is 14.4 Å². The molecule has 0 atom stereocenters. The Morgan fingerprint density at radius 3 is 2.55 bits per heavy atom. The molecular weight excluding hydrogens is 418 g/mol. The van der Waals surface area contributed by atoms with E-state index in [1.54, 1.807) is 49.4 Å². The first-order valence-corrected chi connectivity index (χ1v) is 10.3. The molecule has 1 amide bonds. The SMILES string of the molecule is CCOC(=O)c1ccccc1NC(=O)CCCn1nc(-c2ccc(Cl)cc2)ccc1=O. The first-order chi connectivity index (χ1) is 15.0. The summed E-state index contributed by atoms with van der Waals surface area (Å²) in [6, 6.07) is 16.9. The van der Waals surface area contributed by atoms with Gasteiger partial charge < -0.3 is 10.1 Å². The molecule has 1 heterocycles. The van der Waals surface area contributed by atoms with E-state index in [4.69, 9.17) is 16.3 Å². The summed E-state index contributed by atoms with van der Waals surface area (Å²) in [5, 5.41) is 7.73. The van der Waals surface area contributed by atoms with Crippen LogP contribution in [0.2, 0.25) is 5.02 Å². The van der Waals surface area contributed by atoms with Crippen molar-refractivity contribution in [3.63, 3.8) is 0 Å². The Balaban J connectivity index is 1.61. The smallest absolute Gasteiger partial charge is 0.340 e. The molecule has 0 saturated carbocycles. The molecule has 31 heavy (non-hydrogen) atoms. The van der Waals surface area contributed by atoms with Crippen LogP contribution in [-0.2, 0) is 16.1 Å². The van der Waals surface area contributed by atoms with E-state index in [0.29, 0.717) is 28.4 Å². The van der Waals surface area contributed by atoms with Crippen LogP contribution in [0.3, 0.4) is 0 Å². The zero-order chi connectivity index (χ0) is 22.2. The van der Waals surface area contributed by atoms with Gasteiger partial charge in [-0.05, 0) is 43.7 Å². The number of carbonyl (C=O) groups is 2. The lowest BCUT2D eigenvalue weighted by molar-refractivity contribution is -0.116. The van der Waals surface area contributed by atoms with E-state index in [1.807, 2.05) is 12.1 Å². The van der Waals surface area contributed by atoms with Gasteiger partial charge in [-0.25, -0.2) is 9.48 Å². The monoisotopic (exact) mass is 439 g/mol. The minimum absolute atomic E-state index is 0.163. The van der Waals surface area contributed by atoms with Crippen LogP contribution < -0.4 is 10.9 Å². The quantitative estimate of drug-likeness (QED) is 0.532. The van der Waals surface area contributed by atoms with Crippen LogP contribution in [0.1, 0.15) is 30.1 Å². The predicted molar refractivity (Wildman–Crippen MR) is 119 cm³/mol. The van der Waals surface area contributed by atoms with E-state index >= 15 is 0 Å². The fourth-order valence-electron chi connectivity index (χ4n) is 2.96. The molecule has 0 fully saturated rings. The summed E-state index contributed by atoms with van der Waals surface area (Å²) >= 11 is 5.92. The van der Waals surface area contributed by atoms with Crippen molar-refractivity contribution < 1.29 is 14.3 Å². The van der Waals surface area contributed by atoms with Gasteiger partial charge in [0, 0.05) is 29.6 Å². The number of hydrogen-bond acceptors (Lipinski definition) is 5. The number of hydrogen-bond donors (Lipinski definition) is 1. The third-order valence-electron chi connectivity index (χ3n) is 4.48. The number of carbonyl (C=O) groups excluding carboxylic acids is 2. The normalized spacial score (nSPS) is 10.5. The van der Waals surface area contributed by atoms with Gasteiger partial charge in [-0.15, -0.1) is 0 Å². The van der Waals surface area contributed by atoms with Crippen molar-refractivity contribution in [2.75, 3.05) is 11.9 Å². The van der Waals surface area contributed by atoms with Gasteiger partial charge in [-0.2, -0.15) is 5.10 Å². The van der Waals surface area contributed by atoms with Crippen LogP contribution in [0.15, 0.2) is 65.5 Å². The number of rotatable bonds is 8. The molecule has 0 aliphatic rings. The van der Waals surface area contributed by atoms with Crippen molar-refractivity contribution >= 4 is 29.2 Å². The van der Waals surface area contributed by atoms with Gasteiger partial charge in [0.15, 0.2) is 0 Å². The number of aryl methyl sites for hydroxylation is 1. The van der Waals surface area contributed by atoms with E-state index < -0.39 is 5.97 Å². The van der Waals surface area contributed by atoms with Crippen LogP contribution in [-0.4, -0.2) is 28.3 Å². The summed E-state index contributed by atoms with van der Waals surface area (Å²) in [6.45, 7) is 2.25. The maximum Gasteiger partial charge on any atom is 0.340 e. The maximum atomic E-state index is 12.4. The number of nitrogens with zero attached hydrogens (tertiary/aromatic N) is 2. The van der Waals surface area contributed by atoms with Gasteiger partial charge in [-0.1, -0.05) is 35.9 Å². The first kappa shape index (κ1) is 22.2.